The van der Waals surface area contributed by atoms with Crippen LogP contribution in [0.15, 0.2) is 42.6 Å². The van der Waals surface area contributed by atoms with Gasteiger partial charge in [-0.3, -0.25) is 4.90 Å². The Kier molecular flexibility index (Phi) is 7.47. The van der Waals surface area contributed by atoms with E-state index in [9.17, 15) is 14.6 Å². The van der Waals surface area contributed by atoms with Gasteiger partial charge in [0.25, 0.3) is 0 Å². The number of aryl methyl sites for hydroxylation is 1. The van der Waals surface area contributed by atoms with Crippen LogP contribution in [0.2, 0.25) is 0 Å². The molecule has 0 spiro atoms. The number of phenols is 1. The molecule has 0 radical (unpaired) electrons. The fraction of sp³-hybridized carbons (Fsp3) is 0.353. The summed E-state index contributed by atoms with van der Waals surface area (Å²) in [5.74, 6) is -1.65. The van der Waals surface area contributed by atoms with E-state index < -0.39 is 23.6 Å². The highest BCUT2D eigenvalue weighted by Gasteiger charge is 2.45. The molecule has 0 bridgehead atoms. The van der Waals surface area contributed by atoms with Gasteiger partial charge in [-0.1, -0.05) is 19.1 Å². The molecule has 0 unspecified atom stereocenters. The normalized spacial score (nSPS) is 16.6. The van der Waals surface area contributed by atoms with Crippen molar-refractivity contribution in [2.24, 2.45) is 0 Å². The Morgan fingerprint density at radius 3 is 2.59 bits per heavy atom. The second-order valence-electron chi connectivity index (χ2n) is 12.2. The Morgan fingerprint density at radius 1 is 1.07 bits per heavy atom. The minimum absolute atomic E-state index is 0.0595. The van der Waals surface area contributed by atoms with Crippen LogP contribution in [-0.2, 0) is 6.42 Å². The molecule has 1 atom stereocenters. The van der Waals surface area contributed by atoms with Crippen LogP contribution < -0.4 is 15.8 Å². The molecule has 46 heavy (non-hydrogen) atoms. The van der Waals surface area contributed by atoms with Crippen molar-refractivity contribution >= 4 is 33.3 Å². The third-order valence-corrected chi connectivity index (χ3v) is 9.48. The number of nitrogens with two attached hydrogens (primary N) is 1. The third-order valence-electron chi connectivity index (χ3n) is 9.48. The number of aromatic nitrogens is 4. The molecule has 7 rings (SSSR count). The molecule has 0 amide bonds. The number of nitrogen functional groups attached to an aromatic ring is 1. The zero-order valence-corrected chi connectivity index (χ0v) is 25.6. The lowest BCUT2D eigenvalue weighted by Gasteiger charge is -2.31. The molecule has 10 nitrogen and oxygen atoms in total. The topological polar surface area (TPSA) is 143 Å². The van der Waals surface area contributed by atoms with Crippen molar-refractivity contribution in [3.63, 3.8) is 0 Å². The second kappa shape index (κ2) is 11.5. The molecule has 2 aliphatic rings. The maximum Gasteiger partial charge on any atom is 0.319 e. The zero-order valence-electron chi connectivity index (χ0n) is 25.6. The third kappa shape index (κ3) is 4.97. The van der Waals surface area contributed by atoms with Crippen LogP contribution in [-0.4, -0.2) is 60.3 Å². The summed E-state index contributed by atoms with van der Waals surface area (Å²) in [7, 11) is 0. The molecule has 5 heterocycles. The summed E-state index contributed by atoms with van der Waals surface area (Å²) < 4.78 is 38.0. The Balaban J connectivity index is 1.40. The fourth-order valence-electron chi connectivity index (χ4n) is 7.25. The van der Waals surface area contributed by atoms with Crippen LogP contribution in [0.5, 0.6) is 17.6 Å². The minimum atomic E-state index is -0.878. The molecule has 5 N–H and O–H groups in total. The van der Waals surface area contributed by atoms with Gasteiger partial charge in [0, 0.05) is 17.3 Å². The van der Waals surface area contributed by atoms with E-state index in [0.717, 1.165) is 38.8 Å². The Bertz CT molecular complexity index is 1980. The van der Waals surface area contributed by atoms with E-state index in [1.54, 1.807) is 19.2 Å². The van der Waals surface area contributed by atoms with Gasteiger partial charge < -0.3 is 26.0 Å². The molecule has 2 aliphatic heterocycles. The molecular weight excluding hydrogens is 592 g/mol. The molecule has 238 valence electrons. The monoisotopic (exact) mass is 627 g/mol. The van der Waals surface area contributed by atoms with Crippen molar-refractivity contribution < 1.29 is 23.7 Å². The van der Waals surface area contributed by atoms with Crippen LogP contribution in [0.1, 0.15) is 56.7 Å². The van der Waals surface area contributed by atoms with E-state index in [1.807, 2.05) is 13.0 Å². The Labute approximate surface area is 264 Å². The summed E-state index contributed by atoms with van der Waals surface area (Å²) in [5.41, 5.74) is 6.62. The summed E-state index contributed by atoms with van der Waals surface area (Å²) in [5, 5.41) is 26.0. The van der Waals surface area contributed by atoms with E-state index in [-0.39, 0.29) is 45.3 Å². The number of pyridine rings is 2. The number of aromatic hydroxyl groups is 2. The van der Waals surface area contributed by atoms with Gasteiger partial charge in [-0.25, -0.2) is 18.7 Å². The van der Waals surface area contributed by atoms with Crippen molar-refractivity contribution in [1.29, 1.82) is 0 Å². The number of halogens is 2. The van der Waals surface area contributed by atoms with E-state index in [4.69, 9.17) is 10.5 Å². The number of hydrogen-bond acceptors (Lipinski definition) is 10. The molecule has 12 heteroatoms. The predicted octanol–water partition coefficient (Wildman–Crippen LogP) is 6.25. The average Bonchev–Trinajstić information content (AvgIpc) is 3.62. The summed E-state index contributed by atoms with van der Waals surface area (Å²) in [6, 6.07) is 8.67. The zero-order chi connectivity index (χ0) is 32.2. The molecular formula is C34H35F2N7O3. The van der Waals surface area contributed by atoms with Crippen LogP contribution in [0.4, 0.5) is 20.4 Å². The maximum atomic E-state index is 16.8. The number of hydrogen-bond donors (Lipinski definition) is 4. The first-order valence-corrected chi connectivity index (χ1v) is 15.6. The molecule has 0 aliphatic carbocycles. The van der Waals surface area contributed by atoms with Gasteiger partial charge >= 0.3 is 6.01 Å². The Hall–Kier alpha value is -4.84. The lowest BCUT2D eigenvalue weighted by Crippen LogP contribution is -2.43. The average molecular weight is 628 g/mol. The smallest absolute Gasteiger partial charge is 0.319 e. The summed E-state index contributed by atoms with van der Waals surface area (Å²) in [6.07, 6.45) is 6.04. The number of rotatable bonds is 8. The summed E-state index contributed by atoms with van der Waals surface area (Å²) in [6.45, 7) is 5.98. The largest absolute Gasteiger partial charge is 0.508 e. The van der Waals surface area contributed by atoms with Crippen LogP contribution in [0.3, 0.4) is 0 Å². The summed E-state index contributed by atoms with van der Waals surface area (Å²) in [4.78, 5) is 19.9. The molecule has 2 aromatic carbocycles. The van der Waals surface area contributed by atoms with Crippen molar-refractivity contribution in [2.45, 2.75) is 57.5 Å². The quantitative estimate of drug-likeness (QED) is 0.156. The second-order valence-corrected chi connectivity index (χ2v) is 12.2. The van der Waals surface area contributed by atoms with Gasteiger partial charge in [-0.15, -0.1) is 0 Å². The van der Waals surface area contributed by atoms with Crippen molar-refractivity contribution in [3.05, 3.63) is 65.4 Å². The van der Waals surface area contributed by atoms with Crippen molar-refractivity contribution in [1.82, 2.24) is 24.8 Å². The van der Waals surface area contributed by atoms with Crippen LogP contribution in [0, 0.1) is 11.6 Å². The van der Waals surface area contributed by atoms with Gasteiger partial charge in [-0.05, 0) is 92.7 Å². The molecule has 3 aromatic heterocycles. The van der Waals surface area contributed by atoms with E-state index in [0.29, 0.717) is 40.7 Å². The van der Waals surface area contributed by atoms with E-state index >= 15 is 4.39 Å². The van der Waals surface area contributed by atoms with E-state index in [1.165, 1.54) is 24.3 Å². The Morgan fingerprint density at radius 2 is 1.85 bits per heavy atom. The molecule has 2 saturated heterocycles. The highest BCUT2D eigenvalue weighted by Crippen LogP contribution is 2.43. The van der Waals surface area contributed by atoms with Gasteiger partial charge in [-0.2, -0.15) is 9.97 Å². The first-order chi connectivity index (χ1) is 22.2. The maximum absolute atomic E-state index is 16.8. The van der Waals surface area contributed by atoms with Gasteiger partial charge in [0.15, 0.2) is 5.82 Å². The number of benzene rings is 2. The first kappa shape index (κ1) is 29.8. The number of nitrogens with one attached hydrogen (secondary N) is 1. The fourth-order valence-corrected chi connectivity index (χ4v) is 7.25. The van der Waals surface area contributed by atoms with Gasteiger partial charge in [0.05, 0.1) is 11.6 Å². The SMILES string of the molecule is CCc1c(F)ccc2cc(O)cc(-c3nc(O)c4c(N[C@H](C)c5cccnc5N)nc(OCC56CCCN5CCC6)nc4c3F)c12. The van der Waals surface area contributed by atoms with Crippen LogP contribution >= 0.6 is 0 Å². The molecule has 5 aromatic rings. The lowest BCUT2D eigenvalue weighted by atomic mass is 9.94. The van der Waals surface area contributed by atoms with Crippen molar-refractivity contribution in [2.75, 3.05) is 30.7 Å². The number of ether oxygens (including phenoxy) is 1. The predicted molar refractivity (Wildman–Crippen MR) is 172 cm³/mol. The summed E-state index contributed by atoms with van der Waals surface area (Å²) >= 11 is 0. The number of nitrogens with zero attached hydrogens (tertiary/aromatic N) is 5. The minimum Gasteiger partial charge on any atom is -0.508 e. The molecule has 2 fully saturated rings. The number of phenolic OH excluding ortho intramolecular Hbond substituents is 1. The van der Waals surface area contributed by atoms with Gasteiger partial charge in [0.1, 0.15) is 46.4 Å². The van der Waals surface area contributed by atoms with Crippen molar-refractivity contribution in [3.8, 4) is 28.9 Å². The standard InChI is InChI=1S/C34H35F2N7O3/c1-3-21-24(35)9-8-19-15-20(44)16-23(25(19)21)28-27(36)29-26(32(45)40-28)31(39-18(2)22-7-4-12-38-30(22)37)42-33(41-29)46-17-34-10-5-13-43(34)14-6-11-34/h4,7-9,12,15-16,18,44H,3,5-6,10-11,13-14,17H2,1-2H3,(H2,37,38)(H,40,45)(H,39,41,42)/t18-/m1/s1. The highest BCUT2D eigenvalue weighted by atomic mass is 19.1. The van der Waals surface area contributed by atoms with E-state index in [2.05, 4.69) is 30.2 Å². The number of anilines is 2. The van der Waals surface area contributed by atoms with Crippen LogP contribution in [0.25, 0.3) is 32.9 Å². The lowest BCUT2D eigenvalue weighted by molar-refractivity contribution is 0.108. The van der Waals surface area contributed by atoms with Gasteiger partial charge in [0.2, 0.25) is 5.88 Å². The first-order valence-electron chi connectivity index (χ1n) is 15.6. The highest BCUT2D eigenvalue weighted by molar-refractivity contribution is 6.03. The number of fused-ring (bicyclic) bond motifs is 3. The molecule has 0 saturated carbocycles.